The molecule has 1 amide bonds. The Labute approximate surface area is 355 Å². The zero-order valence-electron chi connectivity index (χ0n) is 34.9. The molecular weight excluding hydrogens is 793 g/mol. The van der Waals surface area contributed by atoms with Crippen LogP contribution in [-0.2, 0) is 20.4 Å². The number of piperazine rings is 1. The fourth-order valence-electron chi connectivity index (χ4n) is 9.53. The lowest BCUT2D eigenvalue weighted by Gasteiger charge is -2.48. The van der Waals surface area contributed by atoms with Crippen LogP contribution in [0.4, 0.5) is 10.7 Å². The normalized spacial score (nSPS) is 20.3. The van der Waals surface area contributed by atoms with E-state index in [1.165, 1.54) is 6.20 Å². The SMILES string of the molecule is Cc1ccc(S(=O)(=O)n2ccc3c(-c4ccc5nc(N6CCC(N7C[C@@H](C)N(C(=O)O)C[C@@H]7C)CC6)nc(C(CN)(OC6CC6)c6ccccc6)c5c4)c[nH]c(=O)c32)c(C)c1. The van der Waals surface area contributed by atoms with Crippen molar-refractivity contribution >= 4 is 43.9 Å². The summed E-state index contributed by atoms with van der Waals surface area (Å²) in [5, 5.41) is 10.9. The maximum absolute atomic E-state index is 14.1. The van der Waals surface area contributed by atoms with Gasteiger partial charge < -0.3 is 30.4 Å². The van der Waals surface area contributed by atoms with Gasteiger partial charge in [0.15, 0.2) is 0 Å². The van der Waals surface area contributed by atoms with Gasteiger partial charge in [0.25, 0.3) is 15.6 Å². The van der Waals surface area contributed by atoms with E-state index in [2.05, 4.69) is 21.7 Å². The first kappa shape index (κ1) is 40.8. The Morgan fingerprint density at radius 1 is 0.934 bits per heavy atom. The molecule has 0 radical (unpaired) electrons. The molecule has 3 aromatic carbocycles. The smallest absolute Gasteiger partial charge is 0.407 e. The summed E-state index contributed by atoms with van der Waals surface area (Å²) < 4.78 is 36.3. The Kier molecular flexibility index (Phi) is 10.5. The first-order valence-electron chi connectivity index (χ1n) is 21.1. The van der Waals surface area contributed by atoms with Gasteiger partial charge in [-0.3, -0.25) is 9.69 Å². The lowest BCUT2D eigenvalue weighted by atomic mass is 9.86. The number of carbonyl (C=O) groups is 1. The summed E-state index contributed by atoms with van der Waals surface area (Å²) in [6, 6.07) is 23.0. The predicted octanol–water partition coefficient (Wildman–Crippen LogP) is 6.22. The quantitative estimate of drug-likeness (QED) is 0.143. The number of aromatic nitrogens is 4. The molecule has 6 aromatic rings. The average molecular weight is 845 g/mol. The van der Waals surface area contributed by atoms with E-state index in [4.69, 9.17) is 20.4 Å². The van der Waals surface area contributed by atoms with Crippen LogP contribution in [0.1, 0.15) is 61.9 Å². The Bertz CT molecular complexity index is 2820. The van der Waals surface area contributed by atoms with Crippen LogP contribution in [-0.4, -0.2) is 105 Å². The number of ether oxygens (including phenoxy) is 1. The maximum Gasteiger partial charge on any atom is 0.407 e. The number of benzene rings is 3. The highest BCUT2D eigenvalue weighted by Crippen LogP contribution is 2.43. The van der Waals surface area contributed by atoms with Crippen molar-refractivity contribution in [2.24, 2.45) is 5.73 Å². The van der Waals surface area contributed by atoms with E-state index in [1.54, 1.807) is 36.2 Å². The number of nitrogens with zero attached hydrogens (tertiary/aromatic N) is 6. The summed E-state index contributed by atoms with van der Waals surface area (Å²) in [4.78, 5) is 45.1. The van der Waals surface area contributed by atoms with Crippen molar-refractivity contribution in [3.63, 3.8) is 0 Å². The maximum atomic E-state index is 14.1. The van der Waals surface area contributed by atoms with Crippen molar-refractivity contribution in [3.05, 3.63) is 118 Å². The Balaban J connectivity index is 1.14. The van der Waals surface area contributed by atoms with Crippen molar-refractivity contribution in [2.45, 2.75) is 88.1 Å². The molecule has 0 bridgehead atoms. The lowest BCUT2D eigenvalue weighted by Crippen LogP contribution is -2.61. The van der Waals surface area contributed by atoms with Gasteiger partial charge in [-0.25, -0.2) is 27.2 Å². The van der Waals surface area contributed by atoms with E-state index in [0.29, 0.717) is 52.8 Å². The molecule has 318 valence electrons. The van der Waals surface area contributed by atoms with Gasteiger partial charge in [-0.2, -0.15) is 0 Å². The molecule has 5 heterocycles. The number of H-pyrrole nitrogens is 1. The largest absolute Gasteiger partial charge is 0.465 e. The molecule has 3 fully saturated rings. The van der Waals surface area contributed by atoms with Gasteiger partial charge in [-0.15, -0.1) is 0 Å². The fraction of sp³-hybridized carbons (Fsp3) is 0.391. The van der Waals surface area contributed by atoms with E-state index >= 15 is 0 Å². The van der Waals surface area contributed by atoms with Gasteiger partial charge in [0.1, 0.15) is 11.1 Å². The minimum absolute atomic E-state index is 0.0137. The number of rotatable bonds is 10. The number of piperidine rings is 1. The van der Waals surface area contributed by atoms with Crippen LogP contribution in [0, 0.1) is 13.8 Å². The summed E-state index contributed by atoms with van der Waals surface area (Å²) in [5.74, 6) is 0.582. The summed E-state index contributed by atoms with van der Waals surface area (Å²) >= 11 is 0. The number of hydrogen-bond donors (Lipinski definition) is 3. The summed E-state index contributed by atoms with van der Waals surface area (Å²) in [7, 11) is -4.11. The predicted molar refractivity (Wildman–Crippen MR) is 236 cm³/mol. The Hall–Kier alpha value is -5.61. The summed E-state index contributed by atoms with van der Waals surface area (Å²) in [6.07, 6.45) is 5.79. The molecule has 1 unspecified atom stereocenters. The fourth-order valence-corrected chi connectivity index (χ4v) is 11.1. The monoisotopic (exact) mass is 844 g/mol. The molecule has 0 spiro atoms. The number of hydrogen-bond acceptors (Lipinski definition) is 10. The number of amides is 1. The zero-order valence-corrected chi connectivity index (χ0v) is 35.7. The third-order valence-corrected chi connectivity index (χ3v) is 14.7. The van der Waals surface area contributed by atoms with E-state index in [1.807, 2.05) is 68.4 Å². The van der Waals surface area contributed by atoms with E-state index < -0.39 is 27.3 Å². The highest BCUT2D eigenvalue weighted by Gasteiger charge is 2.44. The highest BCUT2D eigenvalue weighted by molar-refractivity contribution is 7.90. The molecule has 3 aliphatic rings. The van der Waals surface area contributed by atoms with Gasteiger partial charge in [-0.1, -0.05) is 54.1 Å². The molecule has 14 nitrogen and oxygen atoms in total. The van der Waals surface area contributed by atoms with Crippen LogP contribution in [0.15, 0.2) is 94.9 Å². The first-order valence-corrected chi connectivity index (χ1v) is 22.5. The van der Waals surface area contributed by atoms with Crippen molar-refractivity contribution in [1.82, 2.24) is 28.7 Å². The Morgan fingerprint density at radius 2 is 1.69 bits per heavy atom. The number of carboxylic acid groups (broad SMARTS) is 1. The second kappa shape index (κ2) is 15.7. The van der Waals surface area contributed by atoms with Crippen LogP contribution in [0.5, 0.6) is 0 Å². The molecule has 2 aliphatic heterocycles. The van der Waals surface area contributed by atoms with Crippen molar-refractivity contribution in [1.29, 1.82) is 0 Å². The topological polar surface area (TPSA) is 180 Å². The molecule has 9 rings (SSSR count). The van der Waals surface area contributed by atoms with Crippen molar-refractivity contribution in [2.75, 3.05) is 37.6 Å². The summed E-state index contributed by atoms with van der Waals surface area (Å²) in [5.41, 5.74) is 10.3. The van der Waals surface area contributed by atoms with E-state index in [-0.39, 0.29) is 35.1 Å². The van der Waals surface area contributed by atoms with Crippen molar-refractivity contribution < 1.29 is 23.1 Å². The minimum atomic E-state index is -4.11. The third-order valence-electron chi connectivity index (χ3n) is 12.9. The van der Waals surface area contributed by atoms with Crippen LogP contribution in [0.2, 0.25) is 0 Å². The third kappa shape index (κ3) is 7.26. The molecular formula is C46H52N8O6S. The molecule has 61 heavy (non-hydrogen) atoms. The first-order chi connectivity index (χ1) is 29.3. The molecule has 4 N–H and O–H groups in total. The van der Waals surface area contributed by atoms with Crippen LogP contribution in [0.3, 0.4) is 0 Å². The van der Waals surface area contributed by atoms with E-state index in [9.17, 15) is 23.1 Å². The standard InChI is InChI=1S/C46H52N8O6S/c1-28-10-15-40(29(2)22-28)61(58,59)54-21-18-36-38(24-48-43(55)41(36)54)32-11-14-39-37(23-32)42(46(27-47,60-35-12-13-35)33-8-6-5-7-9-33)50-44(49-39)51-19-16-34(17-20-51)52-25-31(4)53(45(56)57)26-30(52)3/h5-11,14-15,18,21-24,30-31,34-35H,12-13,16-17,19-20,25-27,47H2,1-4H3,(H,48,55)(H,56,57)/t30-,31+,46?/m0/s1. The number of nitrogens with one attached hydrogen (secondary N) is 1. The van der Waals surface area contributed by atoms with Crippen LogP contribution >= 0.6 is 0 Å². The molecule has 3 atom stereocenters. The molecule has 1 saturated carbocycles. The van der Waals surface area contributed by atoms with Gasteiger partial charge in [-0.05, 0) is 94.3 Å². The van der Waals surface area contributed by atoms with Crippen LogP contribution in [0.25, 0.3) is 32.9 Å². The molecule has 15 heteroatoms. The highest BCUT2D eigenvalue weighted by atomic mass is 32.2. The minimum Gasteiger partial charge on any atom is -0.465 e. The average Bonchev–Trinajstić information content (AvgIpc) is 3.95. The zero-order chi connectivity index (χ0) is 42.8. The van der Waals surface area contributed by atoms with Gasteiger partial charge in [0.05, 0.1) is 22.2 Å². The number of anilines is 1. The number of pyridine rings is 1. The number of aromatic amines is 1. The van der Waals surface area contributed by atoms with Crippen LogP contribution < -0.4 is 16.2 Å². The molecule has 1 aliphatic carbocycles. The van der Waals surface area contributed by atoms with Gasteiger partial charge in [0, 0.05) is 79.6 Å². The molecule has 2 saturated heterocycles. The number of aryl methyl sites for hydroxylation is 2. The second-order valence-electron chi connectivity index (χ2n) is 17.0. The van der Waals surface area contributed by atoms with Crippen molar-refractivity contribution in [3.8, 4) is 11.1 Å². The van der Waals surface area contributed by atoms with E-state index in [0.717, 1.165) is 64.8 Å². The second-order valence-corrected chi connectivity index (χ2v) is 18.8. The van der Waals surface area contributed by atoms with Gasteiger partial charge in [0.2, 0.25) is 5.95 Å². The molecule has 3 aromatic heterocycles. The Morgan fingerprint density at radius 3 is 2.38 bits per heavy atom. The summed E-state index contributed by atoms with van der Waals surface area (Å²) in [6.45, 7) is 10.5. The lowest BCUT2D eigenvalue weighted by molar-refractivity contribution is -0.0258. The number of nitrogens with two attached hydrogens (primary N) is 1. The number of fused-ring (bicyclic) bond motifs is 2. The van der Waals surface area contributed by atoms with Gasteiger partial charge >= 0.3 is 6.09 Å².